The highest BCUT2D eigenvalue weighted by molar-refractivity contribution is 5.20. The first kappa shape index (κ1) is 13.2. The van der Waals surface area contributed by atoms with E-state index in [9.17, 15) is 0 Å². The van der Waals surface area contributed by atoms with E-state index in [1.165, 1.54) is 36.9 Å². The first-order chi connectivity index (χ1) is 7.70. The molecule has 1 aromatic rings. The van der Waals surface area contributed by atoms with E-state index < -0.39 is 0 Å². The molecular weight excluding hydrogens is 198 g/mol. The largest absolute Gasteiger partial charge is 0.310 e. The van der Waals surface area contributed by atoms with Crippen molar-refractivity contribution in [2.45, 2.75) is 52.5 Å². The van der Waals surface area contributed by atoms with E-state index in [-0.39, 0.29) is 0 Å². The highest BCUT2D eigenvalue weighted by Crippen LogP contribution is 2.22. The second-order valence-corrected chi connectivity index (χ2v) is 4.41. The molecule has 0 saturated carbocycles. The van der Waals surface area contributed by atoms with Gasteiger partial charge in [0.1, 0.15) is 0 Å². The van der Waals surface area contributed by atoms with Gasteiger partial charge >= 0.3 is 0 Å². The molecule has 1 rings (SSSR count). The molecule has 0 aliphatic rings. The SMILES string of the molecule is CCCCCC(NCC)c1cnn(C)c1C. The maximum absolute atomic E-state index is 4.32. The molecule has 0 radical (unpaired) electrons. The summed E-state index contributed by atoms with van der Waals surface area (Å²) in [7, 11) is 2.01. The Kier molecular flexibility index (Phi) is 5.53. The van der Waals surface area contributed by atoms with Crippen LogP contribution in [0.4, 0.5) is 0 Å². The normalized spacial score (nSPS) is 13.0. The number of unbranched alkanes of at least 4 members (excludes halogenated alkanes) is 2. The maximum atomic E-state index is 4.32. The Labute approximate surface area is 99.2 Å². The van der Waals surface area contributed by atoms with Gasteiger partial charge in [0, 0.05) is 24.3 Å². The fraction of sp³-hybridized carbons (Fsp3) is 0.769. The number of hydrogen-bond acceptors (Lipinski definition) is 2. The molecule has 0 aromatic carbocycles. The number of rotatable bonds is 7. The third kappa shape index (κ3) is 3.34. The number of nitrogens with one attached hydrogen (secondary N) is 1. The third-order valence-electron chi connectivity index (χ3n) is 3.20. The fourth-order valence-corrected chi connectivity index (χ4v) is 2.07. The molecule has 0 aliphatic carbocycles. The maximum Gasteiger partial charge on any atom is 0.0540 e. The Morgan fingerprint density at radius 2 is 2.12 bits per heavy atom. The van der Waals surface area contributed by atoms with Crippen LogP contribution < -0.4 is 5.32 Å². The molecular formula is C13H25N3. The molecule has 0 bridgehead atoms. The molecule has 1 unspecified atom stereocenters. The van der Waals surface area contributed by atoms with E-state index in [0.29, 0.717) is 6.04 Å². The molecule has 1 N–H and O–H groups in total. The molecule has 0 saturated heterocycles. The van der Waals surface area contributed by atoms with Crippen molar-refractivity contribution in [2.75, 3.05) is 6.54 Å². The molecule has 0 amide bonds. The Bertz CT molecular complexity index is 304. The minimum Gasteiger partial charge on any atom is -0.310 e. The standard InChI is InChI=1S/C13H25N3/c1-5-7-8-9-13(14-6-2)12-10-15-16(4)11(12)3/h10,13-14H,5-9H2,1-4H3. The van der Waals surface area contributed by atoms with Crippen molar-refractivity contribution in [1.29, 1.82) is 0 Å². The van der Waals surface area contributed by atoms with Crippen LogP contribution >= 0.6 is 0 Å². The molecule has 92 valence electrons. The average Bonchev–Trinajstić information content (AvgIpc) is 2.59. The zero-order chi connectivity index (χ0) is 12.0. The predicted molar refractivity (Wildman–Crippen MR) is 68.5 cm³/mol. The molecule has 16 heavy (non-hydrogen) atoms. The van der Waals surface area contributed by atoms with Crippen LogP contribution in [-0.2, 0) is 7.05 Å². The summed E-state index contributed by atoms with van der Waals surface area (Å²) < 4.78 is 1.96. The second kappa shape index (κ2) is 6.69. The summed E-state index contributed by atoms with van der Waals surface area (Å²) in [6.45, 7) is 7.58. The first-order valence-electron chi connectivity index (χ1n) is 6.42. The van der Waals surface area contributed by atoms with Gasteiger partial charge in [-0.3, -0.25) is 4.68 Å². The molecule has 1 heterocycles. The third-order valence-corrected chi connectivity index (χ3v) is 3.20. The average molecular weight is 223 g/mol. The van der Waals surface area contributed by atoms with Gasteiger partial charge < -0.3 is 5.32 Å². The molecule has 0 fully saturated rings. The topological polar surface area (TPSA) is 29.9 Å². The van der Waals surface area contributed by atoms with E-state index in [4.69, 9.17) is 0 Å². The van der Waals surface area contributed by atoms with Gasteiger partial charge in [-0.2, -0.15) is 5.10 Å². The van der Waals surface area contributed by atoms with E-state index in [1.54, 1.807) is 0 Å². The molecule has 3 nitrogen and oxygen atoms in total. The lowest BCUT2D eigenvalue weighted by atomic mass is 10.0. The first-order valence-corrected chi connectivity index (χ1v) is 6.42. The summed E-state index contributed by atoms with van der Waals surface area (Å²) >= 11 is 0. The van der Waals surface area contributed by atoms with Crippen molar-refractivity contribution in [3.05, 3.63) is 17.5 Å². The van der Waals surface area contributed by atoms with Gasteiger partial charge in [-0.05, 0) is 19.9 Å². The van der Waals surface area contributed by atoms with Crippen LogP contribution in [0.1, 0.15) is 56.8 Å². The van der Waals surface area contributed by atoms with Gasteiger partial charge in [-0.1, -0.05) is 33.1 Å². The quantitative estimate of drug-likeness (QED) is 0.720. The van der Waals surface area contributed by atoms with Gasteiger partial charge in [0.15, 0.2) is 0 Å². The van der Waals surface area contributed by atoms with Crippen LogP contribution in [0.15, 0.2) is 6.20 Å². The van der Waals surface area contributed by atoms with Crippen LogP contribution in [0.5, 0.6) is 0 Å². The smallest absolute Gasteiger partial charge is 0.0540 e. The van der Waals surface area contributed by atoms with Gasteiger partial charge in [0.25, 0.3) is 0 Å². The highest BCUT2D eigenvalue weighted by atomic mass is 15.3. The summed E-state index contributed by atoms with van der Waals surface area (Å²) in [6, 6.07) is 0.477. The minimum absolute atomic E-state index is 0.477. The zero-order valence-electron chi connectivity index (χ0n) is 11.1. The highest BCUT2D eigenvalue weighted by Gasteiger charge is 2.14. The van der Waals surface area contributed by atoms with Crippen molar-refractivity contribution < 1.29 is 0 Å². The lowest BCUT2D eigenvalue weighted by Gasteiger charge is -2.17. The Hall–Kier alpha value is -0.830. The van der Waals surface area contributed by atoms with Crippen LogP contribution in [0.2, 0.25) is 0 Å². The Morgan fingerprint density at radius 3 is 2.62 bits per heavy atom. The lowest BCUT2D eigenvalue weighted by Crippen LogP contribution is -2.21. The van der Waals surface area contributed by atoms with Gasteiger partial charge in [0.05, 0.1) is 6.20 Å². The van der Waals surface area contributed by atoms with Crippen LogP contribution in [-0.4, -0.2) is 16.3 Å². The van der Waals surface area contributed by atoms with E-state index >= 15 is 0 Å². The summed E-state index contributed by atoms with van der Waals surface area (Å²) in [5.74, 6) is 0. The van der Waals surface area contributed by atoms with Crippen molar-refractivity contribution in [2.24, 2.45) is 7.05 Å². The molecule has 1 atom stereocenters. The van der Waals surface area contributed by atoms with E-state index in [0.717, 1.165) is 6.54 Å². The van der Waals surface area contributed by atoms with Gasteiger partial charge in [0.2, 0.25) is 0 Å². The number of aryl methyl sites for hydroxylation is 1. The van der Waals surface area contributed by atoms with Crippen LogP contribution in [0, 0.1) is 6.92 Å². The summed E-state index contributed by atoms with van der Waals surface area (Å²) in [6.07, 6.45) is 7.12. The second-order valence-electron chi connectivity index (χ2n) is 4.41. The monoisotopic (exact) mass is 223 g/mol. The van der Waals surface area contributed by atoms with Crippen molar-refractivity contribution in [1.82, 2.24) is 15.1 Å². The van der Waals surface area contributed by atoms with E-state index in [1.807, 2.05) is 17.9 Å². The van der Waals surface area contributed by atoms with Gasteiger partial charge in [-0.15, -0.1) is 0 Å². The van der Waals surface area contributed by atoms with Crippen molar-refractivity contribution >= 4 is 0 Å². The number of aromatic nitrogens is 2. The van der Waals surface area contributed by atoms with Crippen LogP contribution in [0.25, 0.3) is 0 Å². The van der Waals surface area contributed by atoms with E-state index in [2.05, 4.69) is 31.2 Å². The molecule has 0 spiro atoms. The zero-order valence-corrected chi connectivity index (χ0v) is 11.1. The fourth-order valence-electron chi connectivity index (χ4n) is 2.07. The Balaban J connectivity index is 2.65. The summed E-state index contributed by atoms with van der Waals surface area (Å²) in [5, 5.41) is 7.88. The van der Waals surface area contributed by atoms with Gasteiger partial charge in [-0.25, -0.2) is 0 Å². The predicted octanol–water partition coefficient (Wildman–Crippen LogP) is 2.96. The molecule has 0 aliphatic heterocycles. The number of hydrogen-bond donors (Lipinski definition) is 1. The Morgan fingerprint density at radius 1 is 1.38 bits per heavy atom. The summed E-state index contributed by atoms with van der Waals surface area (Å²) in [4.78, 5) is 0. The lowest BCUT2D eigenvalue weighted by molar-refractivity contribution is 0.484. The summed E-state index contributed by atoms with van der Waals surface area (Å²) in [5.41, 5.74) is 2.64. The van der Waals surface area contributed by atoms with Crippen molar-refractivity contribution in [3.8, 4) is 0 Å². The minimum atomic E-state index is 0.477. The number of nitrogens with zero attached hydrogens (tertiary/aromatic N) is 2. The van der Waals surface area contributed by atoms with Crippen molar-refractivity contribution in [3.63, 3.8) is 0 Å². The molecule has 3 heteroatoms. The van der Waals surface area contributed by atoms with Crippen LogP contribution in [0.3, 0.4) is 0 Å². The molecule has 1 aromatic heterocycles.